The van der Waals surface area contributed by atoms with E-state index in [9.17, 15) is 4.79 Å². The van der Waals surface area contributed by atoms with E-state index in [4.69, 9.17) is 5.73 Å². The molecule has 1 aliphatic rings. The number of pyridine rings is 1. The van der Waals surface area contributed by atoms with Crippen molar-refractivity contribution in [2.75, 3.05) is 7.05 Å². The van der Waals surface area contributed by atoms with Gasteiger partial charge in [0.1, 0.15) is 0 Å². The van der Waals surface area contributed by atoms with Gasteiger partial charge < -0.3 is 10.6 Å². The molecule has 1 amide bonds. The van der Waals surface area contributed by atoms with Crippen molar-refractivity contribution in [1.82, 2.24) is 9.88 Å². The van der Waals surface area contributed by atoms with Gasteiger partial charge in [0, 0.05) is 25.2 Å². The van der Waals surface area contributed by atoms with E-state index in [2.05, 4.69) is 4.98 Å². The van der Waals surface area contributed by atoms with Crippen molar-refractivity contribution >= 4 is 5.91 Å². The van der Waals surface area contributed by atoms with Crippen molar-refractivity contribution in [2.45, 2.75) is 31.8 Å². The van der Waals surface area contributed by atoms with Crippen molar-refractivity contribution in [3.63, 3.8) is 0 Å². The van der Waals surface area contributed by atoms with Gasteiger partial charge in [-0.3, -0.25) is 9.78 Å². The van der Waals surface area contributed by atoms with Crippen molar-refractivity contribution in [3.05, 3.63) is 30.1 Å². The maximum absolute atomic E-state index is 12.1. The van der Waals surface area contributed by atoms with Crippen molar-refractivity contribution in [3.8, 4) is 0 Å². The lowest BCUT2D eigenvalue weighted by Crippen LogP contribution is -2.32. The van der Waals surface area contributed by atoms with Crippen molar-refractivity contribution in [2.24, 2.45) is 11.7 Å². The van der Waals surface area contributed by atoms with Crippen LogP contribution in [0.2, 0.25) is 0 Å². The molecule has 4 nitrogen and oxygen atoms in total. The van der Waals surface area contributed by atoms with Crippen LogP contribution in [0.1, 0.15) is 25.0 Å². The molecule has 0 radical (unpaired) electrons. The predicted octanol–water partition coefficient (Wildman–Crippen LogP) is 1.17. The Morgan fingerprint density at radius 1 is 1.53 bits per heavy atom. The number of nitrogens with two attached hydrogens (primary N) is 1. The van der Waals surface area contributed by atoms with E-state index in [-0.39, 0.29) is 17.9 Å². The van der Waals surface area contributed by atoms with E-state index < -0.39 is 0 Å². The number of carbonyl (C=O) groups is 1. The topological polar surface area (TPSA) is 59.2 Å². The van der Waals surface area contributed by atoms with Crippen LogP contribution in [-0.2, 0) is 11.3 Å². The summed E-state index contributed by atoms with van der Waals surface area (Å²) in [5.41, 5.74) is 6.75. The molecule has 1 aliphatic carbocycles. The van der Waals surface area contributed by atoms with Gasteiger partial charge in [-0.2, -0.15) is 0 Å². The molecule has 1 heterocycles. The zero-order valence-electron chi connectivity index (χ0n) is 10.2. The first-order valence-corrected chi connectivity index (χ1v) is 6.07. The van der Waals surface area contributed by atoms with Gasteiger partial charge in [0.15, 0.2) is 0 Å². The van der Waals surface area contributed by atoms with Gasteiger partial charge in [-0.05, 0) is 31.4 Å². The van der Waals surface area contributed by atoms with Crippen LogP contribution in [-0.4, -0.2) is 28.9 Å². The van der Waals surface area contributed by atoms with Crippen molar-refractivity contribution in [1.29, 1.82) is 0 Å². The molecule has 0 saturated heterocycles. The van der Waals surface area contributed by atoms with E-state index in [1.54, 1.807) is 11.1 Å². The molecule has 0 aromatic carbocycles. The van der Waals surface area contributed by atoms with Gasteiger partial charge in [-0.25, -0.2) is 0 Å². The highest BCUT2D eigenvalue weighted by atomic mass is 16.2. The molecule has 92 valence electrons. The molecule has 17 heavy (non-hydrogen) atoms. The van der Waals surface area contributed by atoms with Crippen LogP contribution in [0.4, 0.5) is 0 Å². The second-order valence-electron chi connectivity index (χ2n) is 4.79. The normalized spacial score (nSPS) is 23.6. The number of hydrogen-bond acceptors (Lipinski definition) is 3. The lowest BCUT2D eigenvalue weighted by molar-refractivity contribution is -0.134. The van der Waals surface area contributed by atoms with Gasteiger partial charge in [-0.15, -0.1) is 0 Å². The second kappa shape index (κ2) is 5.27. The number of carbonyl (C=O) groups excluding carboxylic acids is 1. The summed E-state index contributed by atoms with van der Waals surface area (Å²) in [5.74, 6) is 0.308. The molecule has 0 spiro atoms. The third-order valence-corrected chi connectivity index (χ3v) is 3.32. The molecule has 2 N–H and O–H groups in total. The zero-order valence-corrected chi connectivity index (χ0v) is 10.2. The Kier molecular flexibility index (Phi) is 3.74. The third-order valence-electron chi connectivity index (χ3n) is 3.32. The molecule has 2 unspecified atom stereocenters. The molecule has 1 saturated carbocycles. The maximum atomic E-state index is 12.1. The van der Waals surface area contributed by atoms with Crippen LogP contribution in [0.3, 0.4) is 0 Å². The molecule has 1 fully saturated rings. The highest BCUT2D eigenvalue weighted by Crippen LogP contribution is 2.25. The van der Waals surface area contributed by atoms with Gasteiger partial charge in [0.25, 0.3) is 0 Å². The summed E-state index contributed by atoms with van der Waals surface area (Å²) < 4.78 is 0. The average molecular weight is 233 g/mol. The molecule has 0 aliphatic heterocycles. The lowest BCUT2D eigenvalue weighted by Gasteiger charge is -2.20. The smallest absolute Gasteiger partial charge is 0.225 e. The van der Waals surface area contributed by atoms with E-state index in [1.165, 1.54) is 0 Å². The molecule has 1 aromatic rings. The van der Waals surface area contributed by atoms with Crippen LogP contribution < -0.4 is 5.73 Å². The number of nitrogens with zero attached hydrogens (tertiary/aromatic N) is 2. The third kappa shape index (κ3) is 3.03. The molecule has 4 heteroatoms. The summed E-state index contributed by atoms with van der Waals surface area (Å²) in [5, 5.41) is 0. The first kappa shape index (κ1) is 12.0. The molecule has 1 aromatic heterocycles. The van der Waals surface area contributed by atoms with Crippen LogP contribution >= 0.6 is 0 Å². The van der Waals surface area contributed by atoms with E-state index in [0.29, 0.717) is 6.54 Å². The predicted molar refractivity (Wildman–Crippen MR) is 66.0 cm³/mol. The minimum absolute atomic E-state index is 0.110. The van der Waals surface area contributed by atoms with Crippen LogP contribution in [0.15, 0.2) is 24.4 Å². The Morgan fingerprint density at radius 2 is 2.35 bits per heavy atom. The first-order chi connectivity index (χ1) is 8.16. The van der Waals surface area contributed by atoms with Crippen LogP contribution in [0.5, 0.6) is 0 Å². The number of hydrogen-bond donors (Lipinski definition) is 1. The Morgan fingerprint density at radius 3 is 2.94 bits per heavy atom. The molecule has 2 atom stereocenters. The number of amides is 1. The van der Waals surface area contributed by atoms with E-state index in [1.807, 2.05) is 25.2 Å². The summed E-state index contributed by atoms with van der Waals surface area (Å²) in [7, 11) is 1.83. The van der Waals surface area contributed by atoms with E-state index in [0.717, 1.165) is 25.0 Å². The van der Waals surface area contributed by atoms with Gasteiger partial charge >= 0.3 is 0 Å². The SMILES string of the molecule is CN(Cc1ccccn1)C(=O)C1CCC(N)C1. The summed E-state index contributed by atoms with van der Waals surface area (Å²) in [6.45, 7) is 0.575. The standard InChI is InChI=1S/C13H19N3O/c1-16(9-12-4-2-3-7-15-12)13(17)10-5-6-11(14)8-10/h2-4,7,10-11H,5-6,8-9,14H2,1H3. The second-order valence-corrected chi connectivity index (χ2v) is 4.79. The fourth-order valence-corrected chi connectivity index (χ4v) is 2.36. The van der Waals surface area contributed by atoms with Crippen LogP contribution in [0.25, 0.3) is 0 Å². The zero-order chi connectivity index (χ0) is 12.3. The molecular weight excluding hydrogens is 214 g/mol. The summed E-state index contributed by atoms with van der Waals surface area (Å²) in [4.78, 5) is 18.1. The summed E-state index contributed by atoms with van der Waals surface area (Å²) in [6, 6.07) is 5.95. The Labute approximate surface area is 102 Å². The minimum Gasteiger partial charge on any atom is -0.340 e. The Hall–Kier alpha value is -1.42. The highest BCUT2D eigenvalue weighted by molar-refractivity contribution is 5.78. The highest BCUT2D eigenvalue weighted by Gasteiger charge is 2.29. The fraction of sp³-hybridized carbons (Fsp3) is 0.538. The van der Waals surface area contributed by atoms with Gasteiger partial charge in [0.2, 0.25) is 5.91 Å². The van der Waals surface area contributed by atoms with E-state index >= 15 is 0 Å². The van der Waals surface area contributed by atoms with Gasteiger partial charge in [-0.1, -0.05) is 6.07 Å². The fourth-order valence-electron chi connectivity index (χ4n) is 2.36. The van der Waals surface area contributed by atoms with Crippen molar-refractivity contribution < 1.29 is 4.79 Å². The Balaban J connectivity index is 1.92. The summed E-state index contributed by atoms with van der Waals surface area (Å²) in [6.07, 6.45) is 4.46. The quantitative estimate of drug-likeness (QED) is 0.852. The maximum Gasteiger partial charge on any atom is 0.225 e. The van der Waals surface area contributed by atoms with Crippen LogP contribution in [0, 0.1) is 5.92 Å². The monoisotopic (exact) mass is 233 g/mol. The largest absolute Gasteiger partial charge is 0.340 e. The molecule has 0 bridgehead atoms. The first-order valence-electron chi connectivity index (χ1n) is 6.07. The molecule has 2 rings (SSSR count). The number of aromatic nitrogens is 1. The lowest BCUT2D eigenvalue weighted by atomic mass is 10.1. The Bertz CT molecular complexity index is 380. The molecular formula is C13H19N3O. The number of rotatable bonds is 3. The summed E-state index contributed by atoms with van der Waals surface area (Å²) >= 11 is 0. The van der Waals surface area contributed by atoms with Gasteiger partial charge in [0.05, 0.1) is 12.2 Å². The average Bonchev–Trinajstić information content (AvgIpc) is 2.76. The minimum atomic E-state index is 0.110.